The number of piperidine rings is 1. The smallest absolute Gasteiger partial charge is 0.317 e. The fourth-order valence-corrected chi connectivity index (χ4v) is 2.24. The predicted molar refractivity (Wildman–Crippen MR) is 73.2 cm³/mol. The van der Waals surface area contributed by atoms with Crippen molar-refractivity contribution in [2.24, 2.45) is 0 Å². The van der Waals surface area contributed by atoms with Gasteiger partial charge in [0.2, 0.25) is 0 Å². The van der Waals surface area contributed by atoms with E-state index in [2.05, 4.69) is 5.32 Å². The molecule has 0 bridgehead atoms. The van der Waals surface area contributed by atoms with Gasteiger partial charge in [-0.2, -0.15) is 0 Å². The molecule has 4 nitrogen and oxygen atoms in total. The first-order valence-electron chi connectivity index (χ1n) is 6.57. The summed E-state index contributed by atoms with van der Waals surface area (Å²) < 4.78 is 0. The van der Waals surface area contributed by atoms with Crippen molar-refractivity contribution in [1.29, 1.82) is 0 Å². The first-order chi connectivity index (χ1) is 8.66. The van der Waals surface area contributed by atoms with E-state index in [9.17, 15) is 4.79 Å². The van der Waals surface area contributed by atoms with Crippen molar-refractivity contribution in [3.63, 3.8) is 0 Å². The Morgan fingerprint density at radius 1 is 1.22 bits per heavy atom. The summed E-state index contributed by atoms with van der Waals surface area (Å²) in [7, 11) is 0. The van der Waals surface area contributed by atoms with Crippen LogP contribution in [0, 0.1) is 0 Å². The van der Waals surface area contributed by atoms with Crippen molar-refractivity contribution in [2.45, 2.75) is 32.2 Å². The monoisotopic (exact) mass is 247 g/mol. The van der Waals surface area contributed by atoms with Gasteiger partial charge in [-0.3, -0.25) is 0 Å². The number of hydrogen-bond donors (Lipinski definition) is 2. The number of urea groups is 1. The molecule has 1 fully saturated rings. The molecule has 0 radical (unpaired) electrons. The molecule has 0 aromatic heterocycles. The van der Waals surface area contributed by atoms with Crippen LogP contribution in [0.15, 0.2) is 24.3 Å². The topological polar surface area (TPSA) is 58.4 Å². The summed E-state index contributed by atoms with van der Waals surface area (Å²) in [5.41, 5.74) is 7.47. The number of nitrogens with one attached hydrogen (secondary N) is 1. The molecule has 18 heavy (non-hydrogen) atoms. The molecule has 0 spiro atoms. The normalized spacial score (nSPS) is 17.3. The number of benzene rings is 1. The van der Waals surface area contributed by atoms with Crippen LogP contribution in [0.2, 0.25) is 0 Å². The van der Waals surface area contributed by atoms with Gasteiger partial charge in [-0.25, -0.2) is 4.79 Å². The molecule has 1 aliphatic heterocycles. The lowest BCUT2D eigenvalue weighted by molar-refractivity contribution is 0.183. The van der Waals surface area contributed by atoms with Gasteiger partial charge in [0.1, 0.15) is 0 Å². The fraction of sp³-hybridized carbons (Fsp3) is 0.500. The molecule has 1 atom stereocenters. The number of nitrogens with zero attached hydrogens (tertiary/aromatic N) is 1. The molecular formula is C14H21N3O. The fourth-order valence-electron chi connectivity index (χ4n) is 2.24. The van der Waals surface area contributed by atoms with Crippen LogP contribution in [-0.4, -0.2) is 24.0 Å². The molecule has 98 valence electrons. The van der Waals surface area contributed by atoms with Gasteiger partial charge in [0.25, 0.3) is 0 Å². The highest BCUT2D eigenvalue weighted by molar-refractivity contribution is 5.74. The average molecular weight is 247 g/mol. The van der Waals surface area contributed by atoms with E-state index in [0.29, 0.717) is 0 Å². The van der Waals surface area contributed by atoms with Crippen molar-refractivity contribution in [1.82, 2.24) is 10.2 Å². The Labute approximate surface area is 108 Å². The molecule has 1 aromatic rings. The van der Waals surface area contributed by atoms with E-state index in [1.54, 1.807) is 0 Å². The van der Waals surface area contributed by atoms with Gasteiger partial charge in [0.05, 0.1) is 6.04 Å². The molecule has 2 rings (SSSR count). The van der Waals surface area contributed by atoms with Crippen LogP contribution in [0.4, 0.5) is 10.5 Å². The second kappa shape index (κ2) is 5.76. The van der Waals surface area contributed by atoms with E-state index < -0.39 is 0 Å². The summed E-state index contributed by atoms with van der Waals surface area (Å²) in [6, 6.07) is 7.68. The van der Waals surface area contributed by atoms with Crippen molar-refractivity contribution < 1.29 is 4.79 Å². The van der Waals surface area contributed by atoms with Gasteiger partial charge in [-0.15, -0.1) is 0 Å². The number of carbonyl (C=O) groups is 1. The van der Waals surface area contributed by atoms with Crippen LogP contribution in [0.3, 0.4) is 0 Å². The Morgan fingerprint density at radius 2 is 1.83 bits per heavy atom. The lowest BCUT2D eigenvalue weighted by Crippen LogP contribution is -2.43. The molecule has 4 heteroatoms. The van der Waals surface area contributed by atoms with E-state index in [1.165, 1.54) is 6.42 Å². The van der Waals surface area contributed by atoms with E-state index in [4.69, 9.17) is 5.73 Å². The third kappa shape index (κ3) is 3.15. The average Bonchev–Trinajstić information content (AvgIpc) is 2.40. The number of nitrogens with two attached hydrogens (primary N) is 1. The predicted octanol–water partition coefficient (Wildman–Crippen LogP) is 2.53. The number of rotatable bonds is 2. The van der Waals surface area contributed by atoms with Crippen LogP contribution in [0.5, 0.6) is 0 Å². The van der Waals surface area contributed by atoms with Crippen molar-refractivity contribution in [3.8, 4) is 0 Å². The Hall–Kier alpha value is -1.71. The first kappa shape index (κ1) is 12.7. The van der Waals surface area contributed by atoms with Crippen molar-refractivity contribution in [2.75, 3.05) is 18.8 Å². The highest BCUT2D eigenvalue weighted by Gasteiger charge is 2.18. The first-order valence-corrected chi connectivity index (χ1v) is 6.57. The van der Waals surface area contributed by atoms with Gasteiger partial charge in [0, 0.05) is 18.8 Å². The second-order valence-electron chi connectivity index (χ2n) is 4.89. The highest BCUT2D eigenvalue weighted by atomic mass is 16.2. The van der Waals surface area contributed by atoms with Crippen LogP contribution < -0.4 is 11.1 Å². The summed E-state index contributed by atoms with van der Waals surface area (Å²) in [6.45, 7) is 3.74. The minimum atomic E-state index is 0.0139. The minimum Gasteiger partial charge on any atom is -0.399 e. The number of anilines is 1. The molecule has 0 saturated carbocycles. The molecule has 1 aromatic carbocycles. The number of likely N-dealkylation sites (tertiary alicyclic amines) is 1. The summed E-state index contributed by atoms with van der Waals surface area (Å²) in [5, 5.41) is 3.03. The SMILES string of the molecule is CC(NC(=O)N1CCCCC1)c1ccc(N)cc1. The van der Waals surface area contributed by atoms with Crippen LogP contribution in [0.25, 0.3) is 0 Å². The Balaban J connectivity index is 1.91. The molecule has 1 heterocycles. The number of nitrogen functional groups attached to an aromatic ring is 1. The molecular weight excluding hydrogens is 226 g/mol. The number of hydrogen-bond acceptors (Lipinski definition) is 2. The Morgan fingerprint density at radius 3 is 2.44 bits per heavy atom. The summed E-state index contributed by atoms with van der Waals surface area (Å²) >= 11 is 0. The maximum Gasteiger partial charge on any atom is 0.317 e. The Kier molecular flexibility index (Phi) is 4.07. The zero-order valence-corrected chi connectivity index (χ0v) is 10.9. The molecule has 1 saturated heterocycles. The van der Waals surface area contributed by atoms with Crippen molar-refractivity contribution >= 4 is 11.7 Å². The number of carbonyl (C=O) groups excluding carboxylic acids is 1. The van der Waals surface area contributed by atoms with E-state index in [1.807, 2.05) is 36.1 Å². The Bertz CT molecular complexity index is 396. The van der Waals surface area contributed by atoms with Gasteiger partial charge in [-0.1, -0.05) is 12.1 Å². The molecule has 0 aliphatic carbocycles. The maximum atomic E-state index is 12.0. The molecule has 3 N–H and O–H groups in total. The van der Waals surface area contributed by atoms with Gasteiger partial charge in [-0.05, 0) is 43.9 Å². The standard InChI is InChI=1S/C14H21N3O/c1-11(12-5-7-13(15)8-6-12)16-14(18)17-9-3-2-4-10-17/h5-8,11H,2-4,9-10,15H2,1H3,(H,16,18). The lowest BCUT2D eigenvalue weighted by Gasteiger charge is -2.28. The van der Waals surface area contributed by atoms with Crippen molar-refractivity contribution in [3.05, 3.63) is 29.8 Å². The summed E-state index contributed by atoms with van der Waals surface area (Å²) in [5.74, 6) is 0. The zero-order chi connectivity index (χ0) is 13.0. The van der Waals surface area contributed by atoms with Crippen LogP contribution in [0.1, 0.15) is 37.8 Å². The second-order valence-corrected chi connectivity index (χ2v) is 4.89. The highest BCUT2D eigenvalue weighted by Crippen LogP contribution is 2.15. The lowest BCUT2D eigenvalue weighted by atomic mass is 10.1. The third-order valence-electron chi connectivity index (χ3n) is 3.42. The molecule has 2 amide bonds. The van der Waals surface area contributed by atoms with Gasteiger partial charge >= 0.3 is 6.03 Å². The van der Waals surface area contributed by atoms with Gasteiger partial charge < -0.3 is 16.0 Å². The maximum absolute atomic E-state index is 12.0. The zero-order valence-electron chi connectivity index (χ0n) is 10.9. The number of amides is 2. The quantitative estimate of drug-likeness (QED) is 0.789. The molecule has 1 unspecified atom stereocenters. The van der Waals surface area contributed by atoms with Crippen LogP contribution >= 0.6 is 0 Å². The van der Waals surface area contributed by atoms with E-state index >= 15 is 0 Å². The summed E-state index contributed by atoms with van der Waals surface area (Å²) in [4.78, 5) is 13.9. The summed E-state index contributed by atoms with van der Waals surface area (Å²) in [6.07, 6.45) is 3.46. The van der Waals surface area contributed by atoms with Crippen LogP contribution in [-0.2, 0) is 0 Å². The molecule has 1 aliphatic rings. The minimum absolute atomic E-state index is 0.0139. The third-order valence-corrected chi connectivity index (χ3v) is 3.42. The largest absolute Gasteiger partial charge is 0.399 e. The van der Waals surface area contributed by atoms with E-state index in [-0.39, 0.29) is 12.1 Å². The van der Waals surface area contributed by atoms with Gasteiger partial charge in [0.15, 0.2) is 0 Å². The van der Waals surface area contributed by atoms with E-state index in [0.717, 1.165) is 37.2 Å².